The van der Waals surface area contributed by atoms with Crippen molar-refractivity contribution < 1.29 is 8.42 Å². The molecular formula is C16H26N2O2S. The van der Waals surface area contributed by atoms with Crippen LogP contribution >= 0.6 is 0 Å². The minimum atomic E-state index is -3.34. The fraction of sp³-hybridized carbons (Fsp3) is 0.625. The molecule has 4 nitrogen and oxygen atoms in total. The molecule has 1 fully saturated rings. The predicted octanol–water partition coefficient (Wildman–Crippen LogP) is 2.59. The fourth-order valence-electron chi connectivity index (χ4n) is 2.72. The number of rotatable bonds is 5. The summed E-state index contributed by atoms with van der Waals surface area (Å²) in [6.07, 6.45) is 1.93. The Morgan fingerprint density at radius 3 is 2.33 bits per heavy atom. The lowest BCUT2D eigenvalue weighted by Crippen LogP contribution is -2.29. The van der Waals surface area contributed by atoms with Gasteiger partial charge in [-0.15, -0.1) is 0 Å². The SMILES string of the molecule is Cc1cc(C)c(S(=O)(=O)N2CCCC2)cc1CNC(C)C. The van der Waals surface area contributed by atoms with E-state index in [4.69, 9.17) is 0 Å². The van der Waals surface area contributed by atoms with Gasteiger partial charge < -0.3 is 5.32 Å². The summed E-state index contributed by atoms with van der Waals surface area (Å²) < 4.78 is 27.1. The van der Waals surface area contributed by atoms with Crippen LogP contribution in [0.1, 0.15) is 43.4 Å². The molecule has 1 aliphatic rings. The third kappa shape index (κ3) is 3.65. The van der Waals surface area contributed by atoms with E-state index in [1.54, 1.807) is 4.31 Å². The maximum Gasteiger partial charge on any atom is 0.243 e. The van der Waals surface area contributed by atoms with E-state index in [1.807, 2.05) is 26.0 Å². The molecule has 118 valence electrons. The Morgan fingerprint density at radius 2 is 1.76 bits per heavy atom. The van der Waals surface area contributed by atoms with Crippen LogP contribution in [-0.4, -0.2) is 31.9 Å². The number of aryl methyl sites for hydroxylation is 2. The van der Waals surface area contributed by atoms with Crippen molar-refractivity contribution in [3.8, 4) is 0 Å². The molecule has 5 heteroatoms. The molecule has 0 atom stereocenters. The van der Waals surface area contributed by atoms with Crippen LogP contribution in [0.25, 0.3) is 0 Å². The first-order valence-corrected chi connectivity index (χ1v) is 9.10. The molecule has 0 amide bonds. The number of sulfonamides is 1. The lowest BCUT2D eigenvalue weighted by molar-refractivity contribution is 0.476. The van der Waals surface area contributed by atoms with E-state index in [9.17, 15) is 8.42 Å². The van der Waals surface area contributed by atoms with Crippen LogP contribution in [-0.2, 0) is 16.6 Å². The first kappa shape index (κ1) is 16.5. The Morgan fingerprint density at radius 1 is 1.14 bits per heavy atom. The molecule has 1 saturated heterocycles. The van der Waals surface area contributed by atoms with Gasteiger partial charge in [-0.05, 0) is 49.4 Å². The second kappa shape index (κ2) is 6.46. The minimum absolute atomic E-state index is 0.379. The third-order valence-corrected chi connectivity index (χ3v) is 6.06. The van der Waals surface area contributed by atoms with Crippen molar-refractivity contribution in [2.24, 2.45) is 0 Å². The van der Waals surface area contributed by atoms with E-state index in [0.29, 0.717) is 30.6 Å². The van der Waals surface area contributed by atoms with Gasteiger partial charge in [0, 0.05) is 25.7 Å². The predicted molar refractivity (Wildman–Crippen MR) is 85.9 cm³/mol. The molecule has 0 bridgehead atoms. The van der Waals surface area contributed by atoms with E-state index < -0.39 is 10.0 Å². The van der Waals surface area contributed by atoms with Crippen molar-refractivity contribution in [3.63, 3.8) is 0 Å². The summed E-state index contributed by atoms with van der Waals surface area (Å²) in [5, 5.41) is 3.36. The summed E-state index contributed by atoms with van der Waals surface area (Å²) in [5.41, 5.74) is 3.04. The van der Waals surface area contributed by atoms with Crippen molar-refractivity contribution in [1.29, 1.82) is 0 Å². The summed E-state index contributed by atoms with van der Waals surface area (Å²) in [7, 11) is -3.34. The molecule has 2 rings (SSSR count). The Balaban J connectivity index is 2.36. The van der Waals surface area contributed by atoms with E-state index in [0.717, 1.165) is 29.5 Å². The zero-order valence-corrected chi connectivity index (χ0v) is 14.3. The monoisotopic (exact) mass is 310 g/mol. The molecule has 0 unspecified atom stereocenters. The van der Waals surface area contributed by atoms with Crippen molar-refractivity contribution >= 4 is 10.0 Å². The van der Waals surface area contributed by atoms with Gasteiger partial charge in [0.05, 0.1) is 4.90 Å². The van der Waals surface area contributed by atoms with E-state index in [2.05, 4.69) is 19.2 Å². The van der Waals surface area contributed by atoms with Gasteiger partial charge in [-0.2, -0.15) is 4.31 Å². The highest BCUT2D eigenvalue weighted by Gasteiger charge is 2.28. The molecule has 0 saturated carbocycles. The highest BCUT2D eigenvalue weighted by molar-refractivity contribution is 7.89. The number of nitrogens with zero attached hydrogens (tertiary/aromatic N) is 1. The molecule has 1 aromatic carbocycles. The highest BCUT2D eigenvalue weighted by Crippen LogP contribution is 2.26. The van der Waals surface area contributed by atoms with Gasteiger partial charge in [0.25, 0.3) is 0 Å². The fourth-order valence-corrected chi connectivity index (χ4v) is 4.50. The van der Waals surface area contributed by atoms with Gasteiger partial charge in [0.15, 0.2) is 0 Å². The Kier molecular flexibility index (Phi) is 5.07. The van der Waals surface area contributed by atoms with Crippen LogP contribution in [0.4, 0.5) is 0 Å². The normalized spacial score (nSPS) is 16.8. The molecule has 0 aliphatic carbocycles. The molecule has 0 radical (unpaired) electrons. The zero-order chi connectivity index (χ0) is 15.6. The first-order valence-electron chi connectivity index (χ1n) is 7.66. The number of hydrogen-bond donors (Lipinski definition) is 1. The molecular weight excluding hydrogens is 284 g/mol. The van der Waals surface area contributed by atoms with Gasteiger partial charge in [-0.25, -0.2) is 8.42 Å². The molecule has 1 aromatic rings. The van der Waals surface area contributed by atoms with Crippen LogP contribution in [0, 0.1) is 13.8 Å². The molecule has 1 N–H and O–H groups in total. The van der Waals surface area contributed by atoms with Gasteiger partial charge in [-0.1, -0.05) is 19.9 Å². The lowest BCUT2D eigenvalue weighted by Gasteiger charge is -2.19. The second-order valence-electron chi connectivity index (χ2n) is 6.19. The number of benzene rings is 1. The van der Waals surface area contributed by atoms with Gasteiger partial charge in [0.1, 0.15) is 0 Å². The molecule has 1 aliphatic heterocycles. The van der Waals surface area contributed by atoms with Crippen molar-refractivity contribution in [2.45, 2.75) is 58.0 Å². The standard InChI is InChI=1S/C16H26N2O2S/c1-12(2)17-11-15-10-16(14(4)9-13(15)3)21(19,20)18-7-5-6-8-18/h9-10,12,17H,5-8,11H2,1-4H3. The average Bonchev–Trinajstić information content (AvgIpc) is 2.91. The summed E-state index contributed by atoms with van der Waals surface area (Å²) in [6.45, 7) is 10.1. The smallest absolute Gasteiger partial charge is 0.243 e. The van der Waals surface area contributed by atoms with E-state index in [1.165, 1.54) is 0 Å². The molecule has 1 heterocycles. The highest BCUT2D eigenvalue weighted by atomic mass is 32.2. The minimum Gasteiger partial charge on any atom is -0.310 e. The number of hydrogen-bond acceptors (Lipinski definition) is 3. The third-order valence-electron chi connectivity index (χ3n) is 4.02. The molecule has 21 heavy (non-hydrogen) atoms. The van der Waals surface area contributed by atoms with Crippen molar-refractivity contribution in [2.75, 3.05) is 13.1 Å². The molecule has 0 spiro atoms. The van der Waals surface area contributed by atoms with Crippen LogP contribution in [0.5, 0.6) is 0 Å². The van der Waals surface area contributed by atoms with Crippen molar-refractivity contribution in [1.82, 2.24) is 9.62 Å². The number of nitrogens with one attached hydrogen (secondary N) is 1. The Labute approximate surface area is 128 Å². The van der Waals surface area contributed by atoms with Crippen LogP contribution in [0.3, 0.4) is 0 Å². The Bertz CT molecular complexity index is 603. The molecule has 0 aromatic heterocycles. The maximum atomic E-state index is 12.8. The topological polar surface area (TPSA) is 49.4 Å². The van der Waals surface area contributed by atoms with Crippen molar-refractivity contribution in [3.05, 3.63) is 28.8 Å². The summed E-state index contributed by atoms with van der Waals surface area (Å²) in [6, 6.07) is 4.22. The van der Waals surface area contributed by atoms with Crippen LogP contribution < -0.4 is 5.32 Å². The quantitative estimate of drug-likeness (QED) is 0.909. The first-order chi connectivity index (χ1) is 9.82. The van der Waals surface area contributed by atoms with Crippen LogP contribution in [0.15, 0.2) is 17.0 Å². The summed E-state index contributed by atoms with van der Waals surface area (Å²) in [4.78, 5) is 0.468. The largest absolute Gasteiger partial charge is 0.310 e. The average molecular weight is 310 g/mol. The summed E-state index contributed by atoms with van der Waals surface area (Å²) >= 11 is 0. The lowest BCUT2D eigenvalue weighted by atomic mass is 10.1. The second-order valence-corrected chi connectivity index (χ2v) is 8.10. The summed E-state index contributed by atoms with van der Waals surface area (Å²) in [5.74, 6) is 0. The van der Waals surface area contributed by atoms with Crippen LogP contribution in [0.2, 0.25) is 0 Å². The van der Waals surface area contributed by atoms with E-state index >= 15 is 0 Å². The maximum absolute atomic E-state index is 12.8. The van der Waals surface area contributed by atoms with Gasteiger partial charge in [-0.3, -0.25) is 0 Å². The van der Waals surface area contributed by atoms with E-state index in [-0.39, 0.29) is 0 Å². The zero-order valence-electron chi connectivity index (χ0n) is 13.4. The Hall–Kier alpha value is -0.910. The van der Waals surface area contributed by atoms with Gasteiger partial charge >= 0.3 is 0 Å². The van der Waals surface area contributed by atoms with Gasteiger partial charge in [0.2, 0.25) is 10.0 Å².